The Balaban J connectivity index is 1.61. The molecule has 1 atom stereocenters. The molecule has 3 rings (SSSR count). The molecule has 32 heavy (non-hydrogen) atoms. The number of hydrogen-bond acceptors (Lipinski definition) is 7. The van der Waals surface area contributed by atoms with E-state index in [1.165, 1.54) is 6.26 Å². The standard InChI is InChI=1S/C23H32N4O4S/c1-6-27(7-2)17-8-10-19(16(3)14-17)25-23(28)31-13-12-22-24-20-15-18(32(5,29)30)9-11-21(20)26(22)4/h8-11,14-15,23,25,28H,6-7,12-13H2,1-5H3. The maximum atomic E-state index is 11.8. The second kappa shape index (κ2) is 9.89. The van der Waals surface area contributed by atoms with Crippen molar-refractivity contribution in [2.45, 2.75) is 38.5 Å². The maximum absolute atomic E-state index is 11.8. The van der Waals surface area contributed by atoms with E-state index < -0.39 is 16.3 Å². The number of imidazole rings is 1. The van der Waals surface area contributed by atoms with E-state index in [4.69, 9.17) is 4.74 Å². The maximum Gasteiger partial charge on any atom is 0.235 e. The van der Waals surface area contributed by atoms with Gasteiger partial charge in [-0.2, -0.15) is 0 Å². The van der Waals surface area contributed by atoms with Crippen molar-refractivity contribution in [3.05, 3.63) is 47.8 Å². The number of sulfone groups is 1. The van der Waals surface area contributed by atoms with Gasteiger partial charge in [-0.05, 0) is 62.7 Å². The van der Waals surface area contributed by atoms with Crippen LogP contribution in [-0.4, -0.2) is 55.4 Å². The van der Waals surface area contributed by atoms with Gasteiger partial charge in [0.2, 0.25) is 6.41 Å². The molecule has 0 saturated heterocycles. The van der Waals surface area contributed by atoms with Gasteiger partial charge in [-0.1, -0.05) is 0 Å². The first kappa shape index (κ1) is 24.0. The molecule has 2 aromatic carbocycles. The molecule has 1 aromatic heterocycles. The fourth-order valence-electron chi connectivity index (χ4n) is 3.72. The third kappa shape index (κ3) is 5.40. The van der Waals surface area contributed by atoms with Crippen LogP contribution in [0.1, 0.15) is 25.2 Å². The molecule has 0 amide bonds. The molecule has 0 aliphatic rings. The Kier molecular flexibility index (Phi) is 7.43. The number of aliphatic hydroxyl groups is 1. The second-order valence-electron chi connectivity index (χ2n) is 7.80. The van der Waals surface area contributed by atoms with Crippen LogP contribution in [-0.2, 0) is 28.0 Å². The Morgan fingerprint density at radius 1 is 1.19 bits per heavy atom. The van der Waals surface area contributed by atoms with Gasteiger partial charge in [0.25, 0.3) is 0 Å². The van der Waals surface area contributed by atoms with E-state index in [0.29, 0.717) is 11.9 Å². The Hall–Kier alpha value is -2.62. The zero-order chi connectivity index (χ0) is 23.5. The highest BCUT2D eigenvalue weighted by atomic mass is 32.2. The van der Waals surface area contributed by atoms with E-state index in [-0.39, 0.29) is 11.5 Å². The lowest BCUT2D eigenvalue weighted by atomic mass is 10.1. The van der Waals surface area contributed by atoms with Gasteiger partial charge >= 0.3 is 0 Å². The molecule has 1 unspecified atom stereocenters. The highest BCUT2D eigenvalue weighted by Gasteiger charge is 2.14. The first-order chi connectivity index (χ1) is 15.1. The van der Waals surface area contributed by atoms with Crippen LogP contribution in [0.5, 0.6) is 0 Å². The number of fused-ring (bicyclic) bond motifs is 1. The molecule has 8 nitrogen and oxygen atoms in total. The lowest BCUT2D eigenvalue weighted by Gasteiger charge is -2.23. The average molecular weight is 461 g/mol. The summed E-state index contributed by atoms with van der Waals surface area (Å²) in [5, 5.41) is 13.3. The van der Waals surface area contributed by atoms with E-state index in [9.17, 15) is 13.5 Å². The van der Waals surface area contributed by atoms with Crippen LogP contribution in [0.4, 0.5) is 11.4 Å². The number of anilines is 2. The molecule has 0 fully saturated rings. The number of benzene rings is 2. The normalized spacial score (nSPS) is 12.8. The summed E-state index contributed by atoms with van der Waals surface area (Å²) in [5.41, 5.74) is 4.44. The number of nitrogens with one attached hydrogen (secondary N) is 1. The first-order valence-corrected chi connectivity index (χ1v) is 12.6. The third-order valence-electron chi connectivity index (χ3n) is 5.59. The Morgan fingerprint density at radius 2 is 1.91 bits per heavy atom. The summed E-state index contributed by atoms with van der Waals surface area (Å²) in [6, 6.07) is 11.0. The third-order valence-corrected chi connectivity index (χ3v) is 6.70. The summed E-state index contributed by atoms with van der Waals surface area (Å²) in [7, 11) is -1.41. The number of rotatable bonds is 10. The van der Waals surface area contributed by atoms with Gasteiger partial charge in [0.05, 0.1) is 22.5 Å². The average Bonchev–Trinajstić information content (AvgIpc) is 3.05. The van der Waals surface area contributed by atoms with Crippen LogP contribution in [0, 0.1) is 6.92 Å². The number of aryl methyl sites for hydroxylation is 2. The zero-order valence-corrected chi connectivity index (χ0v) is 20.1. The Morgan fingerprint density at radius 3 is 2.53 bits per heavy atom. The molecule has 0 radical (unpaired) electrons. The van der Waals surface area contributed by atoms with E-state index >= 15 is 0 Å². The lowest BCUT2D eigenvalue weighted by molar-refractivity contribution is -0.0773. The largest absolute Gasteiger partial charge is 0.372 e. The van der Waals surface area contributed by atoms with Crippen LogP contribution in [0.25, 0.3) is 11.0 Å². The number of aliphatic hydroxyl groups excluding tert-OH is 1. The van der Waals surface area contributed by atoms with Crippen molar-refractivity contribution in [3.63, 3.8) is 0 Å². The summed E-state index contributed by atoms with van der Waals surface area (Å²) in [6.07, 6.45) is 0.497. The van der Waals surface area contributed by atoms with Gasteiger partial charge in [0.1, 0.15) is 5.82 Å². The predicted octanol–water partition coefficient (Wildman–Crippen LogP) is 3.08. The molecule has 1 heterocycles. The lowest BCUT2D eigenvalue weighted by Crippen LogP contribution is -2.25. The van der Waals surface area contributed by atoms with Gasteiger partial charge in [-0.15, -0.1) is 0 Å². The summed E-state index contributed by atoms with van der Waals surface area (Å²) in [4.78, 5) is 7.04. The van der Waals surface area contributed by atoms with Gasteiger partial charge < -0.3 is 24.6 Å². The highest BCUT2D eigenvalue weighted by molar-refractivity contribution is 7.90. The molecule has 174 valence electrons. The number of ether oxygens (including phenoxy) is 1. The van der Waals surface area contributed by atoms with Crippen LogP contribution in [0.3, 0.4) is 0 Å². The highest BCUT2D eigenvalue weighted by Crippen LogP contribution is 2.23. The number of aromatic nitrogens is 2. The molecule has 0 spiro atoms. The van der Waals surface area contributed by atoms with Crippen LogP contribution in [0.15, 0.2) is 41.3 Å². The van der Waals surface area contributed by atoms with Crippen LogP contribution in [0.2, 0.25) is 0 Å². The Bertz CT molecular complexity index is 1190. The zero-order valence-electron chi connectivity index (χ0n) is 19.3. The molecule has 2 N–H and O–H groups in total. The SMILES string of the molecule is CCN(CC)c1ccc(NC(O)OCCc2nc3cc(S(C)(=O)=O)ccc3n2C)c(C)c1. The summed E-state index contributed by atoms with van der Waals surface area (Å²) in [5.74, 6) is 0.748. The van der Waals surface area contributed by atoms with Gasteiger partial charge in [0.15, 0.2) is 9.84 Å². The number of nitrogens with zero attached hydrogens (tertiary/aromatic N) is 3. The Labute approximate surface area is 189 Å². The summed E-state index contributed by atoms with van der Waals surface area (Å²) >= 11 is 0. The van der Waals surface area contributed by atoms with Gasteiger partial charge in [-0.25, -0.2) is 13.4 Å². The predicted molar refractivity (Wildman–Crippen MR) is 128 cm³/mol. The minimum Gasteiger partial charge on any atom is -0.372 e. The van der Waals surface area contributed by atoms with Crippen molar-refractivity contribution >= 4 is 32.2 Å². The van der Waals surface area contributed by atoms with Crippen molar-refractivity contribution in [3.8, 4) is 0 Å². The van der Waals surface area contributed by atoms with Crippen molar-refractivity contribution in [2.75, 3.05) is 36.2 Å². The molecule has 0 aliphatic heterocycles. The number of hydrogen-bond donors (Lipinski definition) is 2. The van der Waals surface area contributed by atoms with Gasteiger partial charge in [-0.3, -0.25) is 0 Å². The minimum absolute atomic E-state index is 0.243. The quantitative estimate of drug-likeness (QED) is 0.449. The second-order valence-corrected chi connectivity index (χ2v) is 9.81. The molecular weight excluding hydrogens is 428 g/mol. The van der Waals surface area contributed by atoms with Crippen molar-refractivity contribution in [1.29, 1.82) is 0 Å². The minimum atomic E-state index is -3.29. The molecule has 9 heteroatoms. The fourth-order valence-corrected chi connectivity index (χ4v) is 4.36. The molecule has 0 aliphatic carbocycles. The molecule has 3 aromatic rings. The van der Waals surface area contributed by atoms with E-state index in [1.54, 1.807) is 18.2 Å². The molecule has 0 bridgehead atoms. The van der Waals surface area contributed by atoms with Crippen molar-refractivity contribution < 1.29 is 18.3 Å². The monoisotopic (exact) mass is 460 g/mol. The smallest absolute Gasteiger partial charge is 0.235 e. The van der Waals surface area contributed by atoms with Crippen LogP contribution < -0.4 is 10.2 Å². The van der Waals surface area contributed by atoms with Crippen LogP contribution >= 0.6 is 0 Å². The van der Waals surface area contributed by atoms with E-state index in [2.05, 4.69) is 35.1 Å². The first-order valence-electron chi connectivity index (χ1n) is 10.7. The van der Waals surface area contributed by atoms with Crippen molar-refractivity contribution in [1.82, 2.24) is 9.55 Å². The van der Waals surface area contributed by atoms with Crippen molar-refractivity contribution in [2.24, 2.45) is 7.05 Å². The summed E-state index contributed by atoms with van der Waals surface area (Å²) < 4.78 is 31.0. The molecule has 0 saturated carbocycles. The molecular formula is C23H32N4O4S. The summed E-state index contributed by atoms with van der Waals surface area (Å²) in [6.45, 7) is 8.36. The topological polar surface area (TPSA) is 96.7 Å². The van der Waals surface area contributed by atoms with Gasteiger partial charge in [0, 0.05) is 44.2 Å². The fraction of sp³-hybridized carbons (Fsp3) is 0.435. The van der Waals surface area contributed by atoms with E-state index in [1.807, 2.05) is 30.7 Å². The van der Waals surface area contributed by atoms with E-state index in [0.717, 1.165) is 41.4 Å².